The van der Waals surface area contributed by atoms with E-state index in [1.165, 1.54) is 16.9 Å². The van der Waals surface area contributed by atoms with Crippen LogP contribution in [0.2, 0.25) is 0 Å². The summed E-state index contributed by atoms with van der Waals surface area (Å²) in [6, 6.07) is 27.1. The SMILES string of the molecule is COc1ccc(N2CCN(c3ccc(-n4cnn(C(C)C(C)NN5CCN(Cc6ccccc6)CC5)c4=O)cc3)CC2)cc1. The maximum Gasteiger partial charge on any atom is 0.350 e. The van der Waals surface area contributed by atoms with E-state index in [4.69, 9.17) is 4.74 Å². The lowest BCUT2D eigenvalue weighted by atomic mass is 10.2. The van der Waals surface area contributed by atoms with Crippen LogP contribution in [0.25, 0.3) is 5.69 Å². The predicted molar refractivity (Wildman–Crippen MR) is 176 cm³/mol. The number of hydrogen-bond acceptors (Lipinski definition) is 8. The zero-order valence-corrected chi connectivity index (χ0v) is 26.0. The minimum atomic E-state index is -0.125. The van der Waals surface area contributed by atoms with Crippen molar-refractivity contribution in [3.8, 4) is 11.4 Å². The Balaban J connectivity index is 1.01. The number of nitrogens with zero attached hydrogens (tertiary/aromatic N) is 7. The fourth-order valence-corrected chi connectivity index (χ4v) is 6.10. The number of piperazine rings is 2. The number of hydrazine groups is 1. The zero-order valence-electron chi connectivity index (χ0n) is 26.0. The van der Waals surface area contributed by atoms with Gasteiger partial charge in [-0.15, -0.1) is 0 Å². The van der Waals surface area contributed by atoms with Crippen LogP contribution < -0.4 is 25.7 Å². The first-order valence-corrected chi connectivity index (χ1v) is 15.7. The van der Waals surface area contributed by atoms with Crippen molar-refractivity contribution in [1.29, 1.82) is 0 Å². The Morgan fingerprint density at radius 1 is 0.750 bits per heavy atom. The molecular weight excluding hydrogens is 552 g/mol. The monoisotopic (exact) mass is 596 g/mol. The molecule has 0 bridgehead atoms. The molecule has 10 heteroatoms. The average Bonchev–Trinajstić information content (AvgIpc) is 3.46. The van der Waals surface area contributed by atoms with Crippen molar-refractivity contribution >= 4 is 11.4 Å². The Hall–Kier alpha value is -4.12. The second-order valence-corrected chi connectivity index (χ2v) is 11.8. The van der Waals surface area contributed by atoms with Crippen LogP contribution in [0.5, 0.6) is 5.75 Å². The fourth-order valence-electron chi connectivity index (χ4n) is 6.10. The summed E-state index contributed by atoms with van der Waals surface area (Å²) >= 11 is 0. The Morgan fingerprint density at radius 3 is 1.91 bits per heavy atom. The lowest BCUT2D eigenvalue weighted by molar-refractivity contribution is 0.0640. The van der Waals surface area contributed by atoms with Gasteiger partial charge < -0.3 is 14.5 Å². The lowest BCUT2D eigenvalue weighted by Crippen LogP contribution is -2.55. The highest BCUT2D eigenvalue weighted by molar-refractivity contribution is 5.54. The van der Waals surface area contributed by atoms with Crippen molar-refractivity contribution in [2.75, 3.05) is 69.3 Å². The molecule has 2 unspecified atom stereocenters. The quantitative estimate of drug-likeness (QED) is 0.298. The third-order valence-corrected chi connectivity index (χ3v) is 9.02. The first kappa shape index (κ1) is 29.9. The molecule has 0 amide bonds. The zero-order chi connectivity index (χ0) is 30.5. The number of nitrogens with one attached hydrogen (secondary N) is 1. The summed E-state index contributed by atoms with van der Waals surface area (Å²) in [4.78, 5) is 20.7. The van der Waals surface area contributed by atoms with Crippen molar-refractivity contribution in [1.82, 2.24) is 29.7 Å². The first-order chi connectivity index (χ1) is 21.5. The summed E-state index contributed by atoms with van der Waals surface area (Å²) in [5, 5.41) is 6.78. The molecule has 0 aliphatic carbocycles. The highest BCUT2D eigenvalue weighted by Crippen LogP contribution is 2.23. The Labute approximate surface area is 260 Å². The minimum absolute atomic E-state index is 0.0516. The molecule has 0 spiro atoms. The van der Waals surface area contributed by atoms with E-state index in [0.717, 1.165) is 70.3 Å². The molecular formula is C34H44N8O2. The van der Waals surface area contributed by atoms with E-state index >= 15 is 0 Å². The van der Waals surface area contributed by atoms with Gasteiger partial charge in [0.05, 0.1) is 18.8 Å². The van der Waals surface area contributed by atoms with Gasteiger partial charge in [-0.25, -0.2) is 19.1 Å². The summed E-state index contributed by atoms with van der Waals surface area (Å²) in [6.45, 7) is 12.8. The van der Waals surface area contributed by atoms with Crippen molar-refractivity contribution in [3.05, 3.63) is 101 Å². The van der Waals surface area contributed by atoms with Gasteiger partial charge in [0.2, 0.25) is 0 Å². The van der Waals surface area contributed by atoms with Gasteiger partial charge in [-0.3, -0.25) is 10.3 Å². The summed E-state index contributed by atoms with van der Waals surface area (Å²) in [7, 11) is 1.69. The Bertz CT molecular complexity index is 1520. The van der Waals surface area contributed by atoms with E-state index in [0.29, 0.717) is 0 Å². The van der Waals surface area contributed by atoms with Gasteiger partial charge in [-0.2, -0.15) is 5.10 Å². The molecule has 2 fully saturated rings. The third kappa shape index (κ3) is 6.83. The molecule has 3 heterocycles. The van der Waals surface area contributed by atoms with Crippen molar-refractivity contribution < 1.29 is 4.74 Å². The van der Waals surface area contributed by atoms with Gasteiger partial charge in [0.1, 0.15) is 12.1 Å². The van der Waals surface area contributed by atoms with Gasteiger partial charge in [-0.1, -0.05) is 30.3 Å². The van der Waals surface area contributed by atoms with Crippen LogP contribution in [0.1, 0.15) is 25.5 Å². The van der Waals surface area contributed by atoms with Gasteiger partial charge in [0.25, 0.3) is 0 Å². The van der Waals surface area contributed by atoms with Crippen LogP contribution in [0.4, 0.5) is 11.4 Å². The van der Waals surface area contributed by atoms with Crippen LogP contribution in [-0.2, 0) is 6.54 Å². The van der Waals surface area contributed by atoms with E-state index < -0.39 is 0 Å². The van der Waals surface area contributed by atoms with Crippen LogP contribution >= 0.6 is 0 Å². The van der Waals surface area contributed by atoms with Gasteiger partial charge in [-0.05, 0) is 67.9 Å². The van der Waals surface area contributed by atoms with Gasteiger partial charge in [0.15, 0.2) is 0 Å². The molecule has 4 aromatic rings. The third-order valence-electron chi connectivity index (χ3n) is 9.02. The van der Waals surface area contributed by atoms with Crippen LogP contribution in [0.3, 0.4) is 0 Å². The van der Waals surface area contributed by atoms with Crippen LogP contribution in [-0.4, -0.2) is 89.8 Å². The summed E-state index contributed by atoms with van der Waals surface area (Å²) < 4.78 is 8.52. The average molecular weight is 597 g/mol. The molecule has 0 radical (unpaired) electrons. The molecule has 232 valence electrons. The first-order valence-electron chi connectivity index (χ1n) is 15.7. The maximum atomic E-state index is 13.4. The second-order valence-electron chi connectivity index (χ2n) is 11.8. The Morgan fingerprint density at radius 2 is 1.32 bits per heavy atom. The van der Waals surface area contributed by atoms with Gasteiger partial charge in [0, 0.05) is 76.3 Å². The highest BCUT2D eigenvalue weighted by Gasteiger charge is 2.24. The molecule has 2 aliphatic rings. The van der Waals surface area contributed by atoms with Crippen molar-refractivity contribution in [2.45, 2.75) is 32.5 Å². The van der Waals surface area contributed by atoms with E-state index in [9.17, 15) is 4.79 Å². The smallest absolute Gasteiger partial charge is 0.350 e. The molecule has 10 nitrogen and oxygen atoms in total. The lowest BCUT2D eigenvalue weighted by Gasteiger charge is -2.37. The van der Waals surface area contributed by atoms with E-state index in [-0.39, 0.29) is 17.8 Å². The molecule has 3 aromatic carbocycles. The predicted octanol–water partition coefficient (Wildman–Crippen LogP) is 3.64. The molecule has 44 heavy (non-hydrogen) atoms. The second kappa shape index (κ2) is 13.7. The molecule has 2 saturated heterocycles. The molecule has 1 aromatic heterocycles. The van der Waals surface area contributed by atoms with Crippen molar-refractivity contribution in [3.63, 3.8) is 0 Å². The summed E-state index contributed by atoms with van der Waals surface area (Å²) in [5.41, 5.74) is 8.06. The number of aromatic nitrogens is 3. The molecule has 2 aliphatic heterocycles. The minimum Gasteiger partial charge on any atom is -0.497 e. The number of rotatable bonds is 10. The molecule has 2 atom stereocenters. The normalized spacial score (nSPS) is 17.9. The number of benzene rings is 3. The topological polar surface area (TPSA) is 74.0 Å². The molecule has 6 rings (SSSR count). The van der Waals surface area contributed by atoms with Crippen LogP contribution in [0, 0.1) is 0 Å². The number of hydrogen-bond donors (Lipinski definition) is 1. The summed E-state index contributed by atoms with van der Waals surface area (Å²) in [5.74, 6) is 0.877. The van der Waals surface area contributed by atoms with E-state index in [1.807, 2.05) is 24.3 Å². The maximum absolute atomic E-state index is 13.4. The van der Waals surface area contributed by atoms with E-state index in [2.05, 4.69) is 98.7 Å². The number of anilines is 2. The Kier molecular flexibility index (Phi) is 9.30. The largest absolute Gasteiger partial charge is 0.497 e. The van der Waals surface area contributed by atoms with Crippen molar-refractivity contribution in [2.24, 2.45) is 0 Å². The summed E-state index contributed by atoms with van der Waals surface area (Å²) in [6.07, 6.45) is 1.64. The van der Waals surface area contributed by atoms with Gasteiger partial charge >= 0.3 is 5.69 Å². The standard InChI is InChI=1S/C34H44N8O2/c1-27(36-40-23-17-37(18-24-40)25-29-7-5-4-6-8-29)28(2)42-34(43)41(26-35-42)32-11-9-30(10-12-32)38-19-21-39(22-20-38)31-13-15-33(44-3)16-14-31/h4-16,26-28,36H,17-25H2,1-3H3. The fraction of sp³-hybridized carbons (Fsp3) is 0.412. The molecule has 0 saturated carbocycles. The molecule has 1 N–H and O–H groups in total. The number of ether oxygens (including phenoxy) is 1. The van der Waals surface area contributed by atoms with E-state index in [1.54, 1.807) is 22.7 Å². The number of methoxy groups -OCH3 is 1. The van der Waals surface area contributed by atoms with Crippen LogP contribution in [0.15, 0.2) is 90.0 Å². The highest BCUT2D eigenvalue weighted by atomic mass is 16.5.